The molecule has 0 saturated heterocycles. The van der Waals surface area contributed by atoms with Crippen molar-refractivity contribution in [2.75, 3.05) is 5.32 Å². The van der Waals surface area contributed by atoms with Crippen LogP contribution >= 0.6 is 11.8 Å². The number of carbonyl (C=O) groups excluding carboxylic acids is 1. The van der Waals surface area contributed by atoms with Crippen LogP contribution in [0.15, 0.2) is 82.6 Å². The summed E-state index contributed by atoms with van der Waals surface area (Å²) < 4.78 is 2.20. The van der Waals surface area contributed by atoms with Crippen LogP contribution in [0.3, 0.4) is 0 Å². The van der Waals surface area contributed by atoms with Crippen LogP contribution in [-0.4, -0.2) is 20.7 Å². The molecule has 4 aromatic rings. The van der Waals surface area contributed by atoms with Gasteiger partial charge in [0.15, 0.2) is 5.82 Å². The summed E-state index contributed by atoms with van der Waals surface area (Å²) in [7, 11) is 0. The van der Waals surface area contributed by atoms with Crippen molar-refractivity contribution >= 4 is 23.4 Å². The maximum Gasteiger partial charge on any atom is 0.256 e. The molecule has 2 heterocycles. The van der Waals surface area contributed by atoms with Gasteiger partial charge in [-0.2, -0.15) is 5.26 Å². The molecule has 1 amide bonds. The topological polar surface area (TPSA) is 83.6 Å². The highest BCUT2D eigenvalue weighted by molar-refractivity contribution is 7.99. The zero-order valence-corrected chi connectivity index (χ0v) is 19.4. The lowest BCUT2D eigenvalue weighted by Gasteiger charge is -2.12. The zero-order chi connectivity index (χ0) is 23.3. The maximum absolute atomic E-state index is 13.2. The van der Waals surface area contributed by atoms with E-state index in [0.29, 0.717) is 16.8 Å². The number of nitriles is 1. The summed E-state index contributed by atoms with van der Waals surface area (Å²) in [6.45, 7) is 0.920. The van der Waals surface area contributed by atoms with Crippen molar-refractivity contribution in [3.63, 3.8) is 0 Å². The van der Waals surface area contributed by atoms with Gasteiger partial charge in [-0.05, 0) is 49.2 Å². The van der Waals surface area contributed by atoms with E-state index in [9.17, 15) is 10.1 Å². The fourth-order valence-electron chi connectivity index (χ4n) is 4.14. The summed E-state index contributed by atoms with van der Waals surface area (Å²) in [4.78, 5) is 14.8. The summed E-state index contributed by atoms with van der Waals surface area (Å²) in [5.41, 5.74) is 2.78. The lowest BCUT2D eigenvalue weighted by molar-refractivity contribution is 0.102. The molecule has 0 unspecified atom stereocenters. The summed E-state index contributed by atoms with van der Waals surface area (Å²) in [6, 6.07) is 24.8. The Bertz CT molecular complexity index is 1390. The molecule has 1 N–H and O–H groups in total. The third kappa shape index (κ3) is 4.59. The summed E-state index contributed by atoms with van der Waals surface area (Å²) in [5.74, 6) is 1.68. The largest absolute Gasteiger partial charge is 0.322 e. The molecule has 0 radical (unpaired) electrons. The predicted octanol–water partition coefficient (Wildman–Crippen LogP) is 5.95. The standard InChI is InChI=1S/C27H23N5OS/c28-18-20-9-3-5-13-23(20)34-24-14-6-4-12-22(24)27(33)29-21-11-8-10-19(17-21)26-31-30-25-15-2-1-7-16-32(25)26/h3-6,8-14,17H,1-2,7,15-16H2,(H,29,33). The van der Waals surface area contributed by atoms with Gasteiger partial charge >= 0.3 is 0 Å². The number of anilines is 1. The molecule has 7 heteroatoms. The van der Waals surface area contributed by atoms with Crippen LogP contribution in [0.4, 0.5) is 5.69 Å². The highest BCUT2D eigenvalue weighted by Crippen LogP contribution is 2.33. The zero-order valence-electron chi connectivity index (χ0n) is 18.6. The molecule has 0 aliphatic carbocycles. The Labute approximate surface area is 202 Å². The number of aromatic nitrogens is 3. The Morgan fingerprint density at radius 1 is 0.941 bits per heavy atom. The molecule has 1 aliphatic rings. The molecule has 34 heavy (non-hydrogen) atoms. The Balaban J connectivity index is 1.39. The molecule has 0 saturated carbocycles. The first kappa shape index (κ1) is 21.9. The van der Waals surface area contributed by atoms with Gasteiger partial charge in [-0.15, -0.1) is 10.2 Å². The minimum Gasteiger partial charge on any atom is -0.322 e. The van der Waals surface area contributed by atoms with Gasteiger partial charge < -0.3 is 9.88 Å². The number of hydrogen-bond donors (Lipinski definition) is 1. The van der Waals surface area contributed by atoms with Gasteiger partial charge in [0, 0.05) is 34.0 Å². The average Bonchev–Trinajstić information content (AvgIpc) is 3.13. The summed E-state index contributed by atoms with van der Waals surface area (Å²) >= 11 is 1.42. The summed E-state index contributed by atoms with van der Waals surface area (Å²) in [5, 5.41) is 21.3. The van der Waals surface area contributed by atoms with E-state index in [1.807, 2.05) is 60.7 Å². The number of nitrogens with zero attached hydrogens (tertiary/aromatic N) is 4. The number of fused-ring (bicyclic) bond motifs is 1. The van der Waals surface area contributed by atoms with E-state index in [4.69, 9.17) is 0 Å². The maximum atomic E-state index is 13.2. The first-order valence-electron chi connectivity index (χ1n) is 11.3. The molecular formula is C27H23N5OS. The molecule has 1 aromatic heterocycles. The smallest absolute Gasteiger partial charge is 0.256 e. The van der Waals surface area contributed by atoms with Crippen molar-refractivity contribution in [3.8, 4) is 17.5 Å². The van der Waals surface area contributed by atoms with Gasteiger partial charge in [0.2, 0.25) is 0 Å². The van der Waals surface area contributed by atoms with Crippen LogP contribution in [0.1, 0.15) is 41.0 Å². The lowest BCUT2D eigenvalue weighted by atomic mass is 10.1. The van der Waals surface area contributed by atoms with E-state index < -0.39 is 0 Å². The number of amides is 1. The second-order valence-electron chi connectivity index (χ2n) is 8.14. The van der Waals surface area contributed by atoms with Crippen LogP contribution in [0.2, 0.25) is 0 Å². The Morgan fingerprint density at radius 2 is 1.76 bits per heavy atom. The second kappa shape index (κ2) is 9.94. The molecule has 0 spiro atoms. The van der Waals surface area contributed by atoms with E-state index in [-0.39, 0.29) is 5.91 Å². The Morgan fingerprint density at radius 3 is 2.65 bits per heavy atom. The molecular weight excluding hydrogens is 442 g/mol. The number of carbonyl (C=O) groups is 1. The normalized spacial score (nSPS) is 12.9. The van der Waals surface area contributed by atoms with Gasteiger partial charge in [-0.25, -0.2) is 0 Å². The molecule has 0 bridgehead atoms. The number of aryl methyl sites for hydroxylation is 1. The van der Waals surface area contributed by atoms with Crippen LogP contribution < -0.4 is 5.32 Å². The van der Waals surface area contributed by atoms with Crippen LogP contribution in [0, 0.1) is 11.3 Å². The average molecular weight is 466 g/mol. The van der Waals surface area contributed by atoms with Gasteiger partial charge in [-0.3, -0.25) is 4.79 Å². The van der Waals surface area contributed by atoms with Gasteiger partial charge in [-0.1, -0.05) is 54.6 Å². The first-order valence-corrected chi connectivity index (χ1v) is 12.1. The van der Waals surface area contributed by atoms with Crippen molar-refractivity contribution in [1.82, 2.24) is 14.8 Å². The molecule has 6 nitrogen and oxygen atoms in total. The van der Waals surface area contributed by atoms with Crippen molar-refractivity contribution in [3.05, 3.63) is 89.7 Å². The van der Waals surface area contributed by atoms with E-state index in [2.05, 4.69) is 26.2 Å². The fourth-order valence-corrected chi connectivity index (χ4v) is 5.17. The van der Waals surface area contributed by atoms with Crippen molar-refractivity contribution in [2.45, 2.75) is 42.0 Å². The fraction of sp³-hybridized carbons (Fsp3) is 0.185. The van der Waals surface area contributed by atoms with Crippen LogP contribution in [-0.2, 0) is 13.0 Å². The number of benzene rings is 3. The van der Waals surface area contributed by atoms with E-state index >= 15 is 0 Å². The first-order chi connectivity index (χ1) is 16.7. The van der Waals surface area contributed by atoms with Crippen LogP contribution in [0.25, 0.3) is 11.4 Å². The monoisotopic (exact) mass is 465 g/mol. The van der Waals surface area contributed by atoms with E-state index in [1.54, 1.807) is 12.1 Å². The molecule has 5 rings (SSSR count). The van der Waals surface area contributed by atoms with Gasteiger partial charge in [0.1, 0.15) is 11.9 Å². The molecule has 168 valence electrons. The predicted molar refractivity (Wildman–Crippen MR) is 133 cm³/mol. The minimum atomic E-state index is -0.199. The van der Waals surface area contributed by atoms with Crippen molar-refractivity contribution in [2.24, 2.45) is 0 Å². The second-order valence-corrected chi connectivity index (χ2v) is 9.23. The molecule has 0 atom stereocenters. The lowest BCUT2D eigenvalue weighted by Crippen LogP contribution is -2.13. The third-order valence-electron chi connectivity index (χ3n) is 5.85. The molecule has 1 aliphatic heterocycles. The molecule has 0 fully saturated rings. The third-order valence-corrected chi connectivity index (χ3v) is 7.00. The highest BCUT2D eigenvalue weighted by Gasteiger charge is 2.17. The quantitative estimate of drug-likeness (QED) is 0.394. The number of hydrogen-bond acceptors (Lipinski definition) is 5. The Kier molecular flexibility index (Phi) is 6.41. The minimum absolute atomic E-state index is 0.199. The van der Waals surface area contributed by atoms with Gasteiger partial charge in [0.25, 0.3) is 5.91 Å². The van der Waals surface area contributed by atoms with Gasteiger partial charge in [0.05, 0.1) is 11.1 Å². The SMILES string of the molecule is N#Cc1ccccc1Sc1ccccc1C(=O)Nc1cccc(-c2nnc3n2CCCCC3)c1. The van der Waals surface area contributed by atoms with E-state index in [1.165, 1.54) is 18.2 Å². The summed E-state index contributed by atoms with van der Waals surface area (Å²) in [6.07, 6.45) is 4.42. The number of rotatable bonds is 5. The Hall–Kier alpha value is -3.89. The van der Waals surface area contributed by atoms with Crippen molar-refractivity contribution < 1.29 is 4.79 Å². The molecule has 3 aromatic carbocycles. The van der Waals surface area contributed by atoms with Crippen LogP contribution in [0.5, 0.6) is 0 Å². The van der Waals surface area contributed by atoms with E-state index in [0.717, 1.165) is 52.8 Å². The highest BCUT2D eigenvalue weighted by atomic mass is 32.2. The number of nitrogens with one attached hydrogen (secondary N) is 1. The van der Waals surface area contributed by atoms with Crippen molar-refractivity contribution in [1.29, 1.82) is 5.26 Å².